The number of aliphatic hydroxyl groups excluding tert-OH is 3. The highest BCUT2D eigenvalue weighted by atomic mass is 16.6. The molecule has 0 aliphatic rings. The van der Waals surface area contributed by atoms with Crippen molar-refractivity contribution in [2.24, 2.45) is 0 Å². The van der Waals surface area contributed by atoms with Crippen molar-refractivity contribution in [1.82, 2.24) is 0 Å². The van der Waals surface area contributed by atoms with Gasteiger partial charge in [-0.3, -0.25) is 0 Å². The molecule has 1 aromatic rings. The molecule has 39 heavy (non-hydrogen) atoms. The van der Waals surface area contributed by atoms with Gasteiger partial charge in [-0.25, -0.2) is 0 Å². The summed E-state index contributed by atoms with van der Waals surface area (Å²) in [5.41, 5.74) is 1.15. The zero-order valence-corrected chi connectivity index (χ0v) is 23.3. The molecule has 1 aromatic carbocycles. The minimum absolute atomic E-state index is 0.00142. The molecule has 9 heteroatoms. The van der Waals surface area contributed by atoms with Gasteiger partial charge >= 0.3 is 0 Å². The summed E-state index contributed by atoms with van der Waals surface area (Å²) in [7, 11) is 3.28. The van der Waals surface area contributed by atoms with Crippen molar-refractivity contribution in [1.29, 1.82) is 5.26 Å². The zero-order chi connectivity index (χ0) is 28.9. The topological polar surface area (TPSA) is 131 Å². The third-order valence-electron chi connectivity index (χ3n) is 5.61. The van der Waals surface area contributed by atoms with Gasteiger partial charge in [-0.15, -0.1) is 0 Å². The standard InChI is InChI=1S/C30H43NO8/c1-5-25(14-11-23(2)37-19-9-8-18-36-4)29(33)38-27-15-12-24(13-16-27)20-26(21-31)30(34)39-28(22-32)10-6-7-17-35-3/h5,11-16,20,28-30,32-34H,2,6-10,17-19,22H2,1,3-4H3/b14-11-,25-5+,26-20+. The number of hydrogen-bond donors (Lipinski definition) is 3. The summed E-state index contributed by atoms with van der Waals surface area (Å²) in [6.45, 7) is 7.19. The highest BCUT2D eigenvalue weighted by Gasteiger charge is 2.18. The van der Waals surface area contributed by atoms with Gasteiger partial charge in [0.15, 0.2) is 6.29 Å². The van der Waals surface area contributed by atoms with Gasteiger partial charge in [0, 0.05) is 33.0 Å². The lowest BCUT2D eigenvalue weighted by molar-refractivity contribution is -0.124. The van der Waals surface area contributed by atoms with Crippen LogP contribution in [0.4, 0.5) is 0 Å². The monoisotopic (exact) mass is 545 g/mol. The van der Waals surface area contributed by atoms with Gasteiger partial charge in [-0.2, -0.15) is 5.26 Å². The van der Waals surface area contributed by atoms with Gasteiger partial charge in [-0.05, 0) is 75.0 Å². The molecule has 0 saturated heterocycles. The SMILES string of the molecule is C=C(/C=C\C(=C/C)C(O)Oc1ccc(/C=C(\C#N)C(O)OC(CO)CCCCOC)cc1)OCCCCOC. The molecule has 0 aromatic heterocycles. The predicted molar refractivity (Wildman–Crippen MR) is 149 cm³/mol. The molecule has 0 fully saturated rings. The molecule has 0 bridgehead atoms. The van der Waals surface area contributed by atoms with E-state index in [4.69, 9.17) is 23.7 Å². The van der Waals surface area contributed by atoms with Crippen LogP contribution in [-0.2, 0) is 18.9 Å². The molecular formula is C30H43NO8. The Bertz CT molecular complexity index is 949. The van der Waals surface area contributed by atoms with E-state index in [9.17, 15) is 20.6 Å². The number of aliphatic hydroxyl groups is 3. The first-order valence-corrected chi connectivity index (χ1v) is 13.0. The van der Waals surface area contributed by atoms with Crippen LogP contribution in [0.2, 0.25) is 0 Å². The van der Waals surface area contributed by atoms with Crippen LogP contribution < -0.4 is 4.74 Å². The Labute approximate surface area is 232 Å². The molecule has 3 unspecified atom stereocenters. The molecule has 3 atom stereocenters. The third kappa shape index (κ3) is 14.7. The minimum Gasteiger partial charge on any atom is -0.494 e. The van der Waals surface area contributed by atoms with E-state index in [-0.39, 0.29) is 12.2 Å². The molecule has 0 saturated carbocycles. The van der Waals surface area contributed by atoms with E-state index < -0.39 is 18.7 Å². The summed E-state index contributed by atoms with van der Waals surface area (Å²) in [5, 5.41) is 39.9. The fraction of sp³-hybridized carbons (Fsp3) is 0.500. The third-order valence-corrected chi connectivity index (χ3v) is 5.61. The first-order valence-electron chi connectivity index (χ1n) is 13.0. The van der Waals surface area contributed by atoms with E-state index in [1.54, 1.807) is 63.6 Å². The quantitative estimate of drug-likeness (QED) is 0.0682. The highest BCUT2D eigenvalue weighted by Crippen LogP contribution is 2.20. The van der Waals surface area contributed by atoms with Crippen molar-refractivity contribution in [3.05, 3.63) is 71.5 Å². The van der Waals surface area contributed by atoms with Gasteiger partial charge in [0.2, 0.25) is 6.29 Å². The second-order valence-electron chi connectivity index (χ2n) is 8.67. The Hall–Kier alpha value is -2.97. The van der Waals surface area contributed by atoms with Gasteiger partial charge in [0.1, 0.15) is 17.6 Å². The fourth-order valence-electron chi connectivity index (χ4n) is 3.36. The van der Waals surface area contributed by atoms with Crippen LogP contribution in [0.25, 0.3) is 6.08 Å². The molecule has 0 aliphatic heterocycles. The Morgan fingerprint density at radius 3 is 2.21 bits per heavy atom. The van der Waals surface area contributed by atoms with E-state index in [0.717, 1.165) is 25.7 Å². The van der Waals surface area contributed by atoms with Crippen LogP contribution in [0.3, 0.4) is 0 Å². The highest BCUT2D eigenvalue weighted by molar-refractivity contribution is 5.58. The summed E-state index contributed by atoms with van der Waals surface area (Å²) in [6.07, 6.45) is 7.14. The van der Waals surface area contributed by atoms with Gasteiger partial charge in [0.25, 0.3) is 0 Å². The molecule has 216 valence electrons. The predicted octanol–water partition coefficient (Wildman–Crippen LogP) is 4.26. The Morgan fingerprint density at radius 2 is 1.62 bits per heavy atom. The van der Waals surface area contributed by atoms with Crippen LogP contribution in [0.5, 0.6) is 5.75 Å². The number of ether oxygens (including phenoxy) is 5. The van der Waals surface area contributed by atoms with E-state index in [1.165, 1.54) is 6.08 Å². The lowest BCUT2D eigenvalue weighted by Gasteiger charge is -2.19. The number of benzene rings is 1. The number of unbranched alkanes of at least 4 members (excludes halogenated alkanes) is 2. The van der Waals surface area contributed by atoms with E-state index in [2.05, 4.69) is 6.58 Å². The molecule has 9 nitrogen and oxygen atoms in total. The second kappa shape index (κ2) is 20.9. The van der Waals surface area contributed by atoms with E-state index in [0.29, 0.717) is 48.9 Å². The molecule has 0 aliphatic carbocycles. The maximum atomic E-state index is 10.5. The Kier molecular flexibility index (Phi) is 18.3. The normalized spacial score (nSPS) is 14.6. The van der Waals surface area contributed by atoms with Crippen molar-refractivity contribution in [3.8, 4) is 11.8 Å². The van der Waals surface area contributed by atoms with Crippen molar-refractivity contribution in [3.63, 3.8) is 0 Å². The number of rotatable bonds is 21. The molecule has 0 spiro atoms. The molecule has 0 heterocycles. The fourth-order valence-corrected chi connectivity index (χ4v) is 3.36. The Morgan fingerprint density at radius 1 is 0.974 bits per heavy atom. The first kappa shape index (κ1) is 34.1. The van der Waals surface area contributed by atoms with Crippen LogP contribution in [0.1, 0.15) is 44.6 Å². The molecule has 3 N–H and O–H groups in total. The number of hydrogen-bond acceptors (Lipinski definition) is 9. The number of methoxy groups -OCH3 is 2. The van der Waals surface area contributed by atoms with Crippen molar-refractivity contribution < 1.29 is 39.0 Å². The van der Waals surface area contributed by atoms with Crippen molar-refractivity contribution >= 4 is 6.08 Å². The molecular weight excluding hydrogens is 502 g/mol. The number of nitriles is 1. The zero-order valence-electron chi connectivity index (χ0n) is 23.3. The maximum absolute atomic E-state index is 10.5. The maximum Gasteiger partial charge on any atom is 0.223 e. The molecule has 0 amide bonds. The van der Waals surface area contributed by atoms with Crippen LogP contribution in [0.15, 0.2) is 66.0 Å². The average Bonchev–Trinajstić information content (AvgIpc) is 2.94. The van der Waals surface area contributed by atoms with Crippen LogP contribution >= 0.6 is 0 Å². The average molecular weight is 546 g/mol. The minimum atomic E-state index is -1.47. The largest absolute Gasteiger partial charge is 0.494 e. The number of allylic oxidation sites excluding steroid dienone is 2. The van der Waals surface area contributed by atoms with E-state index in [1.807, 2.05) is 6.07 Å². The summed E-state index contributed by atoms with van der Waals surface area (Å²) in [4.78, 5) is 0. The lowest BCUT2D eigenvalue weighted by Crippen LogP contribution is -2.26. The second-order valence-corrected chi connectivity index (χ2v) is 8.67. The summed E-state index contributed by atoms with van der Waals surface area (Å²) in [5.74, 6) is 0.887. The Balaban J connectivity index is 2.68. The van der Waals surface area contributed by atoms with Crippen molar-refractivity contribution in [2.75, 3.05) is 40.6 Å². The van der Waals surface area contributed by atoms with Gasteiger partial charge in [-0.1, -0.05) is 24.8 Å². The summed E-state index contributed by atoms with van der Waals surface area (Å²) in [6, 6.07) is 8.60. The van der Waals surface area contributed by atoms with Crippen molar-refractivity contribution in [2.45, 2.75) is 57.7 Å². The van der Waals surface area contributed by atoms with Crippen LogP contribution in [-0.4, -0.2) is 74.7 Å². The van der Waals surface area contributed by atoms with E-state index >= 15 is 0 Å². The van der Waals surface area contributed by atoms with Crippen LogP contribution in [0, 0.1) is 11.3 Å². The van der Waals surface area contributed by atoms with Gasteiger partial charge < -0.3 is 39.0 Å². The number of nitrogens with zero attached hydrogens (tertiary/aromatic N) is 1. The summed E-state index contributed by atoms with van der Waals surface area (Å²) >= 11 is 0. The first-order chi connectivity index (χ1) is 18.9. The smallest absolute Gasteiger partial charge is 0.223 e. The summed E-state index contributed by atoms with van der Waals surface area (Å²) < 4.78 is 26.7. The molecule has 0 radical (unpaired) electrons. The lowest BCUT2D eigenvalue weighted by atomic mass is 10.1. The molecule has 1 rings (SSSR count). The van der Waals surface area contributed by atoms with Gasteiger partial charge in [0.05, 0.1) is 24.9 Å².